The van der Waals surface area contributed by atoms with Gasteiger partial charge in [0.1, 0.15) is 12.6 Å². The van der Waals surface area contributed by atoms with Crippen LogP contribution >= 0.6 is 12.4 Å². The zero-order valence-electron chi connectivity index (χ0n) is 25.5. The van der Waals surface area contributed by atoms with Crippen molar-refractivity contribution in [1.29, 1.82) is 0 Å². The fourth-order valence-corrected chi connectivity index (χ4v) is 4.86. The maximum absolute atomic E-state index is 13.5. The summed E-state index contributed by atoms with van der Waals surface area (Å²) in [6.07, 6.45) is 0.950. The molecule has 3 aromatic carbocycles. The molecule has 0 unspecified atom stereocenters. The number of aryl methyl sites for hydroxylation is 3. The summed E-state index contributed by atoms with van der Waals surface area (Å²) in [7, 11) is 0. The number of hydrogen-bond donors (Lipinski definition) is 3. The van der Waals surface area contributed by atoms with Crippen molar-refractivity contribution in [2.24, 2.45) is 5.73 Å². The number of Topliss-reactive ketones (excluding diaryl/α,β-unsaturated/α-hetero) is 1. The Morgan fingerprint density at radius 1 is 0.773 bits per heavy atom. The molecule has 0 saturated carbocycles. The van der Waals surface area contributed by atoms with Gasteiger partial charge in [-0.25, -0.2) is 9.59 Å². The second-order valence-corrected chi connectivity index (χ2v) is 10.6. The van der Waals surface area contributed by atoms with Crippen molar-refractivity contribution in [2.45, 2.75) is 65.1 Å². The van der Waals surface area contributed by atoms with Gasteiger partial charge in [0, 0.05) is 6.42 Å². The quantitative estimate of drug-likeness (QED) is 0.162. The standard InChI is InChI=1S/C34H41N3O6.ClH/c1-23-18-24(2)31(25(3)19-23)33(40)42-22-30(38)28(16-10-11-17-35)36-32(39)29(20-26-12-6-4-7-13-26)37-34(41)43-21-27-14-8-5-9-15-27;/h4-9,12-15,18-19,28-29H,10-11,16-17,20-22,35H2,1-3H3,(H,36,39)(H,37,41);1H/t28-,29-;/m0./s1. The van der Waals surface area contributed by atoms with E-state index in [0.717, 1.165) is 27.8 Å². The van der Waals surface area contributed by atoms with E-state index < -0.39 is 42.4 Å². The summed E-state index contributed by atoms with van der Waals surface area (Å²) in [6.45, 7) is 5.54. The van der Waals surface area contributed by atoms with E-state index in [2.05, 4.69) is 10.6 Å². The van der Waals surface area contributed by atoms with Crippen molar-refractivity contribution in [3.63, 3.8) is 0 Å². The normalized spacial score (nSPS) is 11.8. The second-order valence-electron chi connectivity index (χ2n) is 10.6. The highest BCUT2D eigenvalue weighted by Crippen LogP contribution is 2.18. The van der Waals surface area contributed by atoms with Gasteiger partial charge in [-0.2, -0.15) is 0 Å². The number of ketones is 1. The predicted molar refractivity (Wildman–Crippen MR) is 172 cm³/mol. The molecule has 3 aromatic rings. The highest BCUT2D eigenvalue weighted by molar-refractivity contribution is 5.96. The highest BCUT2D eigenvalue weighted by atomic mass is 35.5. The number of nitrogens with two attached hydrogens (primary N) is 1. The van der Waals surface area contributed by atoms with Crippen LogP contribution < -0.4 is 16.4 Å². The Hall–Kier alpha value is -4.21. The second kappa shape index (κ2) is 18.5. The summed E-state index contributed by atoms with van der Waals surface area (Å²) in [4.78, 5) is 52.3. The average molecular weight is 624 g/mol. The molecule has 0 fully saturated rings. The molecule has 44 heavy (non-hydrogen) atoms. The van der Waals surface area contributed by atoms with Gasteiger partial charge in [-0.15, -0.1) is 12.4 Å². The van der Waals surface area contributed by atoms with Gasteiger partial charge in [-0.1, -0.05) is 78.4 Å². The summed E-state index contributed by atoms with van der Waals surface area (Å²) in [6, 6.07) is 20.2. The van der Waals surface area contributed by atoms with Gasteiger partial charge in [0.2, 0.25) is 5.91 Å². The van der Waals surface area contributed by atoms with Crippen LogP contribution in [-0.4, -0.2) is 49.0 Å². The number of carbonyl (C=O) groups excluding carboxylic acids is 4. The zero-order chi connectivity index (χ0) is 31.2. The van der Waals surface area contributed by atoms with Crippen LogP contribution in [0.3, 0.4) is 0 Å². The molecule has 0 bridgehead atoms. The maximum atomic E-state index is 13.5. The third-order valence-electron chi connectivity index (χ3n) is 6.98. The molecule has 0 heterocycles. The molecular weight excluding hydrogens is 582 g/mol. The third kappa shape index (κ3) is 11.5. The number of amides is 2. The first-order valence-corrected chi connectivity index (χ1v) is 14.5. The number of rotatable bonds is 15. The molecule has 0 aliphatic rings. The average Bonchev–Trinajstić information content (AvgIpc) is 2.98. The van der Waals surface area contributed by atoms with E-state index in [4.69, 9.17) is 15.2 Å². The monoisotopic (exact) mass is 623 g/mol. The van der Waals surface area contributed by atoms with Crippen LogP contribution in [-0.2, 0) is 32.1 Å². The zero-order valence-corrected chi connectivity index (χ0v) is 26.3. The summed E-state index contributed by atoms with van der Waals surface area (Å²) in [5.74, 6) is -1.60. The number of nitrogens with one attached hydrogen (secondary N) is 2. The van der Waals surface area contributed by atoms with Crippen molar-refractivity contribution in [3.05, 3.63) is 106 Å². The van der Waals surface area contributed by atoms with Gasteiger partial charge in [-0.3, -0.25) is 9.59 Å². The van der Waals surface area contributed by atoms with Gasteiger partial charge in [0.15, 0.2) is 12.4 Å². The Bertz CT molecular complexity index is 1360. The fraction of sp³-hybridized carbons (Fsp3) is 0.353. The summed E-state index contributed by atoms with van der Waals surface area (Å²) < 4.78 is 10.7. The topological polar surface area (TPSA) is 137 Å². The van der Waals surface area contributed by atoms with E-state index in [9.17, 15) is 19.2 Å². The minimum atomic E-state index is -1.02. The van der Waals surface area contributed by atoms with Crippen molar-refractivity contribution < 1.29 is 28.7 Å². The third-order valence-corrected chi connectivity index (χ3v) is 6.98. The molecule has 0 aliphatic carbocycles. The Balaban J connectivity index is 0.00000675. The molecule has 9 nitrogen and oxygen atoms in total. The lowest BCUT2D eigenvalue weighted by molar-refractivity contribution is -0.130. The first-order chi connectivity index (χ1) is 20.7. The van der Waals surface area contributed by atoms with E-state index in [0.29, 0.717) is 31.4 Å². The minimum Gasteiger partial charge on any atom is -0.454 e. The van der Waals surface area contributed by atoms with Crippen LogP contribution in [0.5, 0.6) is 0 Å². The first kappa shape index (κ1) is 36.0. The molecule has 3 rings (SSSR count). The van der Waals surface area contributed by atoms with E-state index in [-0.39, 0.29) is 25.4 Å². The Kier molecular flexibility index (Phi) is 15.1. The number of unbranched alkanes of at least 4 members (excludes halogenated alkanes) is 1. The van der Waals surface area contributed by atoms with Crippen LogP contribution in [0.1, 0.15) is 57.4 Å². The molecule has 0 radical (unpaired) electrons. The number of ether oxygens (including phenoxy) is 2. The number of carbonyl (C=O) groups is 4. The maximum Gasteiger partial charge on any atom is 0.408 e. The fourth-order valence-electron chi connectivity index (χ4n) is 4.86. The lowest BCUT2D eigenvalue weighted by atomic mass is 10.00. The van der Waals surface area contributed by atoms with Crippen molar-refractivity contribution >= 4 is 36.2 Å². The molecule has 0 saturated heterocycles. The van der Waals surface area contributed by atoms with E-state index in [1.807, 2.05) is 93.6 Å². The lowest BCUT2D eigenvalue weighted by Crippen LogP contribution is -2.53. The number of hydrogen-bond acceptors (Lipinski definition) is 7. The van der Waals surface area contributed by atoms with Gasteiger partial charge in [0.25, 0.3) is 0 Å². The predicted octanol–water partition coefficient (Wildman–Crippen LogP) is 4.91. The number of esters is 1. The van der Waals surface area contributed by atoms with E-state index in [1.54, 1.807) is 0 Å². The lowest BCUT2D eigenvalue weighted by Gasteiger charge is -2.23. The summed E-state index contributed by atoms with van der Waals surface area (Å²) in [5, 5.41) is 5.42. The molecule has 236 valence electrons. The number of benzene rings is 3. The van der Waals surface area contributed by atoms with Crippen molar-refractivity contribution in [1.82, 2.24) is 10.6 Å². The van der Waals surface area contributed by atoms with Crippen molar-refractivity contribution in [2.75, 3.05) is 13.2 Å². The minimum absolute atomic E-state index is 0. The van der Waals surface area contributed by atoms with Gasteiger partial charge in [0.05, 0.1) is 11.6 Å². The van der Waals surface area contributed by atoms with Crippen molar-refractivity contribution in [3.8, 4) is 0 Å². The molecule has 10 heteroatoms. The van der Waals surface area contributed by atoms with Crippen LogP contribution in [0.25, 0.3) is 0 Å². The molecule has 2 amide bonds. The number of alkyl carbamates (subject to hydrolysis) is 1. The van der Waals surface area contributed by atoms with Crippen LogP contribution in [0.4, 0.5) is 4.79 Å². The first-order valence-electron chi connectivity index (χ1n) is 14.5. The Labute approximate surface area is 265 Å². The number of halogens is 1. The van der Waals surface area contributed by atoms with Gasteiger partial charge >= 0.3 is 12.1 Å². The van der Waals surface area contributed by atoms with E-state index in [1.165, 1.54) is 0 Å². The molecule has 2 atom stereocenters. The van der Waals surface area contributed by atoms with Gasteiger partial charge in [-0.05, 0) is 68.8 Å². The summed E-state index contributed by atoms with van der Waals surface area (Å²) >= 11 is 0. The molecule has 0 spiro atoms. The Morgan fingerprint density at radius 2 is 1.36 bits per heavy atom. The van der Waals surface area contributed by atoms with Crippen LogP contribution in [0.15, 0.2) is 72.8 Å². The molecule has 0 aromatic heterocycles. The molecule has 4 N–H and O–H groups in total. The smallest absolute Gasteiger partial charge is 0.408 e. The largest absolute Gasteiger partial charge is 0.454 e. The Morgan fingerprint density at radius 3 is 1.95 bits per heavy atom. The SMILES string of the molecule is Cc1cc(C)c(C(=O)OCC(=O)[C@H](CCCCN)NC(=O)[C@H](Cc2ccccc2)NC(=O)OCc2ccccc2)c(C)c1.Cl. The molecule has 0 aliphatic heterocycles. The van der Waals surface area contributed by atoms with E-state index >= 15 is 0 Å². The van der Waals surface area contributed by atoms with Crippen LogP contribution in [0.2, 0.25) is 0 Å². The highest BCUT2D eigenvalue weighted by Gasteiger charge is 2.28. The molecular formula is C34H42ClN3O6. The van der Waals surface area contributed by atoms with Crippen LogP contribution in [0, 0.1) is 20.8 Å². The summed E-state index contributed by atoms with van der Waals surface area (Å²) in [5.41, 5.74) is 10.2. The van der Waals surface area contributed by atoms with Gasteiger partial charge < -0.3 is 25.8 Å².